The molecule has 11 heavy (non-hydrogen) atoms. The van der Waals surface area contributed by atoms with E-state index >= 15 is 0 Å². The maximum Gasteiger partial charge on any atom is 0.0524 e. The van der Waals surface area contributed by atoms with Crippen molar-refractivity contribution in [2.75, 3.05) is 0 Å². The van der Waals surface area contributed by atoms with Crippen LogP contribution in [0.3, 0.4) is 0 Å². The second kappa shape index (κ2) is 3.24. The molecular formula is C7H12ClN3. The van der Waals surface area contributed by atoms with E-state index in [-0.39, 0.29) is 12.4 Å². The number of hydrogen-bond acceptors (Lipinski definition) is 2. The molecule has 0 spiro atoms. The van der Waals surface area contributed by atoms with Crippen molar-refractivity contribution in [2.24, 2.45) is 5.73 Å². The van der Waals surface area contributed by atoms with Crippen LogP contribution in [0, 0.1) is 0 Å². The Labute approximate surface area is 72.0 Å². The Morgan fingerprint density at radius 3 is 2.91 bits per heavy atom. The van der Waals surface area contributed by atoms with Crippen molar-refractivity contribution in [1.82, 2.24) is 9.78 Å². The second-order valence-corrected chi connectivity index (χ2v) is 2.70. The van der Waals surface area contributed by atoms with E-state index in [1.54, 1.807) is 0 Å². The molecule has 2 rings (SSSR count). The quantitative estimate of drug-likeness (QED) is 0.728. The first-order valence-electron chi connectivity index (χ1n) is 3.64. The van der Waals surface area contributed by atoms with E-state index in [1.165, 1.54) is 12.8 Å². The summed E-state index contributed by atoms with van der Waals surface area (Å²) >= 11 is 0. The molecule has 0 unspecified atom stereocenters. The van der Waals surface area contributed by atoms with Crippen LogP contribution in [0.25, 0.3) is 0 Å². The summed E-state index contributed by atoms with van der Waals surface area (Å²) in [7, 11) is 0. The van der Waals surface area contributed by atoms with Gasteiger partial charge in [-0.05, 0) is 18.9 Å². The molecule has 0 atom stereocenters. The molecule has 3 nitrogen and oxygen atoms in total. The molecule has 0 bridgehead atoms. The van der Waals surface area contributed by atoms with Gasteiger partial charge in [0.25, 0.3) is 0 Å². The molecule has 0 radical (unpaired) electrons. The fourth-order valence-electron chi connectivity index (χ4n) is 1.15. The summed E-state index contributed by atoms with van der Waals surface area (Å²) in [6, 6.07) is 2.65. The predicted octanol–water partition coefficient (Wildman–Crippen LogP) is 1.10. The number of aromatic nitrogens is 2. The standard InChI is InChI=1S/C7H11N3.ClH/c8-5-7-3-4-9-10(7)6-1-2-6;/h3-4,6H,1-2,5,8H2;1H. The van der Waals surface area contributed by atoms with Gasteiger partial charge in [0, 0.05) is 12.7 Å². The van der Waals surface area contributed by atoms with E-state index in [4.69, 9.17) is 5.73 Å². The highest BCUT2D eigenvalue weighted by Gasteiger charge is 2.25. The van der Waals surface area contributed by atoms with Crippen LogP contribution in [-0.2, 0) is 6.54 Å². The highest BCUT2D eigenvalue weighted by atomic mass is 35.5. The highest BCUT2D eigenvalue weighted by Crippen LogP contribution is 2.34. The SMILES string of the molecule is Cl.NCc1ccnn1C1CC1. The molecule has 1 aliphatic carbocycles. The summed E-state index contributed by atoms with van der Waals surface area (Å²) in [5, 5.41) is 4.19. The van der Waals surface area contributed by atoms with Crippen LogP contribution < -0.4 is 5.73 Å². The molecule has 1 aromatic rings. The average Bonchev–Trinajstić information content (AvgIpc) is 2.69. The molecular weight excluding hydrogens is 162 g/mol. The van der Waals surface area contributed by atoms with E-state index in [2.05, 4.69) is 5.10 Å². The van der Waals surface area contributed by atoms with Gasteiger partial charge < -0.3 is 5.73 Å². The van der Waals surface area contributed by atoms with E-state index in [1.807, 2.05) is 16.9 Å². The van der Waals surface area contributed by atoms with Gasteiger partial charge in [-0.3, -0.25) is 4.68 Å². The van der Waals surface area contributed by atoms with Crippen molar-refractivity contribution >= 4 is 12.4 Å². The minimum atomic E-state index is 0. The van der Waals surface area contributed by atoms with Crippen LogP contribution in [0.1, 0.15) is 24.6 Å². The van der Waals surface area contributed by atoms with Crippen molar-refractivity contribution in [1.29, 1.82) is 0 Å². The third-order valence-corrected chi connectivity index (χ3v) is 1.85. The van der Waals surface area contributed by atoms with Gasteiger partial charge in [0.2, 0.25) is 0 Å². The van der Waals surface area contributed by atoms with Crippen LogP contribution in [-0.4, -0.2) is 9.78 Å². The summed E-state index contributed by atoms with van der Waals surface area (Å²) in [4.78, 5) is 0. The first-order valence-corrected chi connectivity index (χ1v) is 3.64. The van der Waals surface area contributed by atoms with Crippen LogP contribution >= 0.6 is 12.4 Å². The van der Waals surface area contributed by atoms with Crippen molar-refractivity contribution in [3.8, 4) is 0 Å². The summed E-state index contributed by atoms with van der Waals surface area (Å²) < 4.78 is 2.04. The van der Waals surface area contributed by atoms with Crippen molar-refractivity contribution in [2.45, 2.75) is 25.4 Å². The first-order chi connectivity index (χ1) is 4.92. The average molecular weight is 174 g/mol. The zero-order valence-electron chi connectivity index (χ0n) is 6.23. The summed E-state index contributed by atoms with van der Waals surface area (Å²) in [5.41, 5.74) is 6.65. The number of rotatable bonds is 2. The lowest BCUT2D eigenvalue weighted by Gasteiger charge is -2.00. The topological polar surface area (TPSA) is 43.8 Å². The normalized spacial score (nSPS) is 16.1. The largest absolute Gasteiger partial charge is 0.325 e. The maximum atomic E-state index is 5.50. The van der Waals surface area contributed by atoms with Crippen molar-refractivity contribution in [3.63, 3.8) is 0 Å². The fourth-order valence-corrected chi connectivity index (χ4v) is 1.15. The molecule has 1 aliphatic rings. The number of hydrogen-bond donors (Lipinski definition) is 1. The molecule has 0 aromatic carbocycles. The van der Waals surface area contributed by atoms with Crippen LogP contribution in [0.15, 0.2) is 12.3 Å². The lowest BCUT2D eigenvalue weighted by Crippen LogP contribution is -2.06. The van der Waals surface area contributed by atoms with E-state index in [0.29, 0.717) is 12.6 Å². The van der Waals surface area contributed by atoms with Crippen molar-refractivity contribution < 1.29 is 0 Å². The molecule has 1 aromatic heterocycles. The molecule has 2 N–H and O–H groups in total. The molecule has 1 heterocycles. The summed E-state index contributed by atoms with van der Waals surface area (Å²) in [6.07, 6.45) is 4.36. The Hall–Kier alpha value is -0.540. The molecule has 1 fully saturated rings. The van der Waals surface area contributed by atoms with Crippen LogP contribution in [0.2, 0.25) is 0 Å². The van der Waals surface area contributed by atoms with Gasteiger partial charge in [-0.2, -0.15) is 5.10 Å². The van der Waals surface area contributed by atoms with Gasteiger partial charge in [0.15, 0.2) is 0 Å². The van der Waals surface area contributed by atoms with E-state index in [0.717, 1.165) is 5.69 Å². The van der Waals surface area contributed by atoms with Crippen molar-refractivity contribution in [3.05, 3.63) is 18.0 Å². The minimum absolute atomic E-state index is 0. The summed E-state index contributed by atoms with van der Waals surface area (Å²) in [6.45, 7) is 0.608. The zero-order valence-corrected chi connectivity index (χ0v) is 7.05. The van der Waals surface area contributed by atoms with E-state index in [9.17, 15) is 0 Å². The molecule has 0 amide bonds. The van der Waals surface area contributed by atoms with Gasteiger partial charge in [0.05, 0.1) is 11.7 Å². The highest BCUT2D eigenvalue weighted by molar-refractivity contribution is 5.85. The van der Waals surface area contributed by atoms with Gasteiger partial charge in [0.1, 0.15) is 0 Å². The monoisotopic (exact) mass is 173 g/mol. The van der Waals surface area contributed by atoms with Crippen LogP contribution in [0.4, 0.5) is 0 Å². The Bertz CT molecular complexity index is 229. The first kappa shape index (κ1) is 8.56. The number of nitrogens with zero attached hydrogens (tertiary/aromatic N) is 2. The molecule has 4 heteroatoms. The molecule has 0 aliphatic heterocycles. The lowest BCUT2D eigenvalue weighted by atomic mass is 10.4. The minimum Gasteiger partial charge on any atom is -0.325 e. The number of nitrogens with two attached hydrogens (primary N) is 1. The van der Waals surface area contributed by atoms with Gasteiger partial charge >= 0.3 is 0 Å². The third-order valence-electron chi connectivity index (χ3n) is 1.85. The second-order valence-electron chi connectivity index (χ2n) is 2.70. The van der Waals surface area contributed by atoms with Gasteiger partial charge in [-0.25, -0.2) is 0 Å². The zero-order chi connectivity index (χ0) is 6.97. The van der Waals surface area contributed by atoms with Gasteiger partial charge in [-0.15, -0.1) is 12.4 Å². The number of halogens is 1. The summed E-state index contributed by atoms with van der Waals surface area (Å²) in [5.74, 6) is 0. The predicted molar refractivity (Wildman–Crippen MR) is 45.6 cm³/mol. The Balaban J connectivity index is 0.000000605. The van der Waals surface area contributed by atoms with E-state index < -0.39 is 0 Å². The smallest absolute Gasteiger partial charge is 0.0524 e. The van der Waals surface area contributed by atoms with Crippen LogP contribution in [0.5, 0.6) is 0 Å². The van der Waals surface area contributed by atoms with Gasteiger partial charge in [-0.1, -0.05) is 0 Å². The maximum absolute atomic E-state index is 5.50. The third kappa shape index (κ3) is 1.54. The Morgan fingerprint density at radius 2 is 2.36 bits per heavy atom. The lowest BCUT2D eigenvalue weighted by molar-refractivity contribution is 0.606. The molecule has 62 valence electrons. The fraction of sp³-hybridized carbons (Fsp3) is 0.571. The Morgan fingerprint density at radius 1 is 1.64 bits per heavy atom. The Kier molecular flexibility index (Phi) is 2.52. The molecule has 0 saturated heterocycles. The molecule has 1 saturated carbocycles.